The zero-order valence-electron chi connectivity index (χ0n) is 15.5. The first-order valence-electron chi connectivity index (χ1n) is 9.01. The zero-order valence-corrected chi connectivity index (χ0v) is 15.5. The van der Waals surface area contributed by atoms with Gasteiger partial charge in [0.2, 0.25) is 6.29 Å². The van der Waals surface area contributed by atoms with Crippen LogP contribution in [0.3, 0.4) is 0 Å². The lowest BCUT2D eigenvalue weighted by Crippen LogP contribution is -2.61. The number of fused-ring (bicyclic) bond motifs is 1. The Bertz CT molecular complexity index is 594. The minimum atomic E-state index is -1.60. The van der Waals surface area contributed by atoms with E-state index in [0.717, 1.165) is 0 Å². The van der Waals surface area contributed by atoms with Gasteiger partial charge in [0.25, 0.3) is 0 Å². The molecule has 0 aliphatic carbocycles. The molecule has 3 aliphatic rings. The van der Waals surface area contributed by atoms with Gasteiger partial charge in [-0.25, -0.2) is 4.79 Å². The molecule has 0 aromatic rings. The zero-order chi connectivity index (χ0) is 20.6. The third-order valence-corrected chi connectivity index (χ3v) is 5.41. The van der Waals surface area contributed by atoms with Crippen LogP contribution in [0.15, 0.2) is 11.8 Å². The highest BCUT2D eigenvalue weighted by Gasteiger charge is 2.51. The average Bonchev–Trinajstić information content (AvgIpc) is 2.67. The van der Waals surface area contributed by atoms with Crippen LogP contribution in [0.4, 0.5) is 0 Å². The molecule has 3 heterocycles. The van der Waals surface area contributed by atoms with Gasteiger partial charge in [-0.05, 0) is 6.92 Å². The maximum Gasteiger partial charge on any atom is 0.337 e. The molecule has 0 radical (unpaired) electrons. The van der Waals surface area contributed by atoms with Gasteiger partial charge in [-0.2, -0.15) is 0 Å². The largest absolute Gasteiger partial charge is 0.471 e. The molecule has 0 aromatic carbocycles. The summed E-state index contributed by atoms with van der Waals surface area (Å²) >= 11 is 0. The molecule has 3 rings (SSSR count). The molecule has 2 fully saturated rings. The van der Waals surface area contributed by atoms with Crippen molar-refractivity contribution in [2.24, 2.45) is 11.8 Å². The number of carbonyl (C=O) groups excluding carboxylic acids is 1. The summed E-state index contributed by atoms with van der Waals surface area (Å²) in [5.74, 6) is -1.67. The van der Waals surface area contributed by atoms with Crippen LogP contribution < -0.4 is 0 Å². The lowest BCUT2D eigenvalue weighted by atomic mass is 9.77. The van der Waals surface area contributed by atoms with Crippen molar-refractivity contribution in [3.63, 3.8) is 0 Å². The molecule has 5 N–H and O–H groups in total. The van der Waals surface area contributed by atoms with Gasteiger partial charge in [0, 0.05) is 12.3 Å². The average molecular weight is 406 g/mol. The summed E-state index contributed by atoms with van der Waals surface area (Å²) < 4.78 is 26.8. The molecular formula is C17H26O11. The minimum Gasteiger partial charge on any atom is -0.471 e. The number of ether oxygens (including phenoxy) is 5. The van der Waals surface area contributed by atoms with E-state index in [2.05, 4.69) is 0 Å². The fourth-order valence-electron chi connectivity index (χ4n) is 3.91. The second-order valence-electron chi connectivity index (χ2n) is 7.12. The number of aliphatic hydroxyl groups is 5. The molecule has 11 nitrogen and oxygen atoms in total. The second-order valence-corrected chi connectivity index (χ2v) is 7.12. The van der Waals surface area contributed by atoms with Crippen molar-refractivity contribution in [3.05, 3.63) is 11.8 Å². The Hall–Kier alpha value is -1.31. The van der Waals surface area contributed by atoms with Gasteiger partial charge >= 0.3 is 5.97 Å². The van der Waals surface area contributed by atoms with Crippen LogP contribution in [-0.4, -0.2) is 94.6 Å². The molecule has 0 spiro atoms. The Labute approximate surface area is 161 Å². The summed E-state index contributed by atoms with van der Waals surface area (Å²) in [6, 6.07) is 0. The monoisotopic (exact) mass is 406 g/mol. The Morgan fingerprint density at radius 2 is 1.86 bits per heavy atom. The van der Waals surface area contributed by atoms with E-state index in [1.165, 1.54) is 13.4 Å². The Balaban J connectivity index is 1.81. The van der Waals surface area contributed by atoms with Crippen LogP contribution in [0.25, 0.3) is 0 Å². The first-order chi connectivity index (χ1) is 13.3. The number of hydrogen-bond donors (Lipinski definition) is 5. The van der Waals surface area contributed by atoms with Crippen molar-refractivity contribution in [2.75, 3.05) is 13.7 Å². The second kappa shape index (κ2) is 8.59. The summed E-state index contributed by atoms with van der Waals surface area (Å²) in [5, 5.41) is 49.2. The first kappa shape index (κ1) is 21.4. The highest BCUT2D eigenvalue weighted by atomic mass is 16.8. The number of carbonyl (C=O) groups is 1. The van der Waals surface area contributed by atoms with E-state index in [4.69, 9.17) is 23.7 Å². The smallest absolute Gasteiger partial charge is 0.337 e. The van der Waals surface area contributed by atoms with Gasteiger partial charge in [-0.3, -0.25) is 0 Å². The molecule has 10 atom stereocenters. The number of aliphatic hydroxyl groups excluding tert-OH is 5. The maximum absolute atomic E-state index is 12.1. The highest BCUT2D eigenvalue weighted by Crippen LogP contribution is 2.42. The van der Waals surface area contributed by atoms with Crippen LogP contribution in [-0.2, 0) is 28.5 Å². The van der Waals surface area contributed by atoms with E-state index in [0.29, 0.717) is 0 Å². The predicted molar refractivity (Wildman–Crippen MR) is 88.0 cm³/mol. The minimum absolute atomic E-state index is 0.105. The molecule has 11 heteroatoms. The molecule has 2 saturated heterocycles. The fourth-order valence-corrected chi connectivity index (χ4v) is 3.91. The molecule has 3 aliphatic heterocycles. The molecular weight excluding hydrogens is 380 g/mol. The van der Waals surface area contributed by atoms with E-state index in [1.54, 1.807) is 6.92 Å². The molecule has 0 aromatic heterocycles. The molecule has 0 unspecified atom stereocenters. The van der Waals surface area contributed by atoms with Gasteiger partial charge < -0.3 is 49.2 Å². The molecule has 28 heavy (non-hydrogen) atoms. The lowest BCUT2D eigenvalue weighted by molar-refractivity contribution is -0.352. The van der Waals surface area contributed by atoms with Crippen LogP contribution in [0.2, 0.25) is 0 Å². The van der Waals surface area contributed by atoms with Gasteiger partial charge in [-0.1, -0.05) is 0 Å². The van der Waals surface area contributed by atoms with Gasteiger partial charge in [0.05, 0.1) is 37.6 Å². The van der Waals surface area contributed by atoms with Crippen LogP contribution in [0.5, 0.6) is 0 Å². The van der Waals surface area contributed by atoms with Gasteiger partial charge in [0.15, 0.2) is 12.6 Å². The number of hydrogen-bond acceptors (Lipinski definition) is 11. The summed E-state index contributed by atoms with van der Waals surface area (Å²) in [6.07, 6.45) is -8.71. The molecule has 0 saturated carbocycles. The lowest BCUT2D eigenvalue weighted by Gasteiger charge is -2.47. The first-order valence-corrected chi connectivity index (χ1v) is 9.01. The number of rotatable bonds is 4. The standard InChI is InChI=1S/C17H26O11/c1-6-11-7(3-10(19)26-6)8(15(23)24-2)5-25-16(11)28-17-14(22)13(21)12(20)9(4-18)27-17/h5-7,9-14,16-22H,3-4H2,1-2H3/t6-,7+,9+,10-,11+,12+,13-,14+,16+,17-/m0/s1. The Kier molecular flexibility index (Phi) is 6.57. The summed E-state index contributed by atoms with van der Waals surface area (Å²) in [6.45, 7) is 1.08. The Morgan fingerprint density at radius 3 is 2.50 bits per heavy atom. The maximum atomic E-state index is 12.1. The predicted octanol–water partition coefficient (Wildman–Crippen LogP) is -2.42. The molecule has 160 valence electrons. The number of methoxy groups -OCH3 is 1. The van der Waals surface area contributed by atoms with Gasteiger partial charge in [-0.15, -0.1) is 0 Å². The summed E-state index contributed by atoms with van der Waals surface area (Å²) in [4.78, 5) is 12.1. The van der Waals surface area contributed by atoms with Crippen molar-refractivity contribution >= 4 is 5.97 Å². The van der Waals surface area contributed by atoms with E-state index in [1.807, 2.05) is 0 Å². The van der Waals surface area contributed by atoms with Crippen molar-refractivity contribution in [2.45, 2.75) is 62.7 Å². The molecule has 0 amide bonds. The van der Waals surface area contributed by atoms with Crippen LogP contribution in [0.1, 0.15) is 13.3 Å². The highest BCUT2D eigenvalue weighted by molar-refractivity contribution is 5.88. The molecule has 0 bridgehead atoms. The van der Waals surface area contributed by atoms with Gasteiger partial charge in [0.1, 0.15) is 24.4 Å². The SMILES string of the molecule is COC(=O)C1=CO[C@H](O[C@@H]2O[C@H](CO)[C@@H](O)[C@H](O)[C@H]2O)[C@@H]2[C@H](C)O[C@H](O)C[C@H]12. The van der Waals surface area contributed by atoms with Crippen molar-refractivity contribution in [1.82, 2.24) is 0 Å². The van der Waals surface area contributed by atoms with Crippen molar-refractivity contribution in [1.29, 1.82) is 0 Å². The van der Waals surface area contributed by atoms with E-state index >= 15 is 0 Å². The van der Waals surface area contributed by atoms with Crippen molar-refractivity contribution in [3.8, 4) is 0 Å². The summed E-state index contributed by atoms with van der Waals surface area (Å²) in [5.41, 5.74) is 0.218. The van der Waals surface area contributed by atoms with E-state index in [9.17, 15) is 30.3 Å². The van der Waals surface area contributed by atoms with Crippen LogP contribution in [0, 0.1) is 11.8 Å². The topological polar surface area (TPSA) is 164 Å². The third kappa shape index (κ3) is 3.89. The fraction of sp³-hybridized carbons (Fsp3) is 0.824. The Morgan fingerprint density at radius 1 is 1.14 bits per heavy atom. The number of esters is 1. The van der Waals surface area contributed by atoms with Crippen LogP contribution >= 0.6 is 0 Å². The van der Waals surface area contributed by atoms with Crippen molar-refractivity contribution < 1.29 is 54.0 Å². The quantitative estimate of drug-likeness (QED) is 0.315. The normalized spacial score (nSPS) is 46.2. The third-order valence-electron chi connectivity index (χ3n) is 5.41. The van der Waals surface area contributed by atoms with E-state index in [-0.39, 0.29) is 12.0 Å². The van der Waals surface area contributed by atoms with E-state index < -0.39 is 73.8 Å². The summed E-state index contributed by atoms with van der Waals surface area (Å²) in [7, 11) is 1.23.